The molecule has 1 unspecified atom stereocenters. The lowest BCUT2D eigenvalue weighted by Gasteiger charge is -2.32. The van der Waals surface area contributed by atoms with Gasteiger partial charge in [-0.25, -0.2) is 4.79 Å². The predicted octanol–water partition coefficient (Wildman–Crippen LogP) is 7.87. The van der Waals surface area contributed by atoms with Gasteiger partial charge in [0.05, 0.1) is 11.6 Å². The molecule has 3 aromatic carbocycles. The van der Waals surface area contributed by atoms with Crippen molar-refractivity contribution in [2.45, 2.75) is 45.5 Å². The summed E-state index contributed by atoms with van der Waals surface area (Å²) < 4.78 is 44.7. The van der Waals surface area contributed by atoms with Crippen LogP contribution in [0.4, 0.5) is 18.0 Å². The Balaban J connectivity index is 1.90. The van der Waals surface area contributed by atoms with Crippen LogP contribution in [0.2, 0.25) is 0 Å². The third-order valence-electron chi connectivity index (χ3n) is 5.20. The van der Waals surface area contributed by atoms with E-state index >= 15 is 0 Å². The van der Waals surface area contributed by atoms with Gasteiger partial charge in [-0.2, -0.15) is 13.2 Å². The van der Waals surface area contributed by atoms with Crippen LogP contribution in [0.25, 0.3) is 16.8 Å². The Labute approximate surface area is 192 Å². The first kappa shape index (κ1) is 24.4. The van der Waals surface area contributed by atoms with E-state index in [1.54, 1.807) is 43.9 Å². The Bertz CT molecular complexity index is 1140. The fourth-order valence-electron chi connectivity index (χ4n) is 3.61. The third kappa shape index (κ3) is 6.37. The number of hydrogen-bond donors (Lipinski definition) is 0. The van der Waals surface area contributed by atoms with Gasteiger partial charge in [0.1, 0.15) is 5.60 Å². The predicted molar refractivity (Wildman–Crippen MR) is 126 cm³/mol. The average molecular weight is 456 g/mol. The van der Waals surface area contributed by atoms with Crippen LogP contribution in [-0.4, -0.2) is 23.1 Å². The number of fused-ring (bicyclic) bond motifs is 1. The maximum atomic E-state index is 13.1. The highest BCUT2D eigenvalue weighted by molar-refractivity contribution is 5.86. The van der Waals surface area contributed by atoms with E-state index in [4.69, 9.17) is 4.74 Å². The maximum Gasteiger partial charge on any atom is 0.416 e. The zero-order valence-corrected chi connectivity index (χ0v) is 19.2. The van der Waals surface area contributed by atoms with Crippen LogP contribution < -0.4 is 0 Å². The molecule has 3 aromatic rings. The Hall–Kier alpha value is -3.28. The molecule has 1 atom stereocenters. The van der Waals surface area contributed by atoms with E-state index in [1.165, 1.54) is 6.07 Å². The topological polar surface area (TPSA) is 29.5 Å². The average Bonchev–Trinajstić information content (AvgIpc) is 2.74. The summed E-state index contributed by atoms with van der Waals surface area (Å²) in [6.07, 6.45) is -1.63. The second kappa shape index (κ2) is 9.69. The summed E-state index contributed by atoms with van der Waals surface area (Å²) in [7, 11) is 0. The van der Waals surface area contributed by atoms with Gasteiger partial charge < -0.3 is 4.74 Å². The number of alkyl halides is 3. The first-order valence-corrected chi connectivity index (χ1v) is 10.8. The van der Waals surface area contributed by atoms with Gasteiger partial charge in [0.25, 0.3) is 0 Å². The van der Waals surface area contributed by atoms with Crippen LogP contribution in [0.1, 0.15) is 50.4 Å². The number of ether oxygens (including phenoxy) is 1. The summed E-state index contributed by atoms with van der Waals surface area (Å²) in [5.74, 6) is 0. The molecule has 3 nitrogen and oxygen atoms in total. The zero-order valence-electron chi connectivity index (χ0n) is 19.2. The monoisotopic (exact) mass is 455 g/mol. The summed E-state index contributed by atoms with van der Waals surface area (Å²) in [6.45, 7) is 7.48. The van der Waals surface area contributed by atoms with Crippen molar-refractivity contribution in [2.24, 2.45) is 0 Å². The van der Waals surface area contributed by atoms with Crippen molar-refractivity contribution in [1.82, 2.24) is 4.90 Å². The molecule has 0 fully saturated rings. The molecular formula is C27H28F3NO2. The second-order valence-electron chi connectivity index (χ2n) is 8.90. The second-order valence-corrected chi connectivity index (χ2v) is 8.90. The van der Waals surface area contributed by atoms with E-state index in [2.05, 4.69) is 0 Å². The lowest BCUT2D eigenvalue weighted by molar-refractivity contribution is -0.137. The minimum Gasteiger partial charge on any atom is -0.444 e. The highest BCUT2D eigenvalue weighted by atomic mass is 19.4. The van der Waals surface area contributed by atoms with Crippen LogP contribution in [0, 0.1) is 0 Å². The van der Waals surface area contributed by atoms with Gasteiger partial charge in [0.2, 0.25) is 0 Å². The summed E-state index contributed by atoms with van der Waals surface area (Å²) >= 11 is 0. The van der Waals surface area contributed by atoms with Crippen molar-refractivity contribution >= 4 is 22.9 Å². The Morgan fingerprint density at radius 2 is 1.67 bits per heavy atom. The lowest BCUT2D eigenvalue weighted by atomic mass is 9.99. The van der Waals surface area contributed by atoms with Gasteiger partial charge in [-0.05, 0) is 61.7 Å². The van der Waals surface area contributed by atoms with Gasteiger partial charge >= 0.3 is 12.3 Å². The van der Waals surface area contributed by atoms with E-state index in [0.29, 0.717) is 5.56 Å². The Morgan fingerprint density at radius 3 is 2.36 bits per heavy atom. The van der Waals surface area contributed by atoms with Crippen molar-refractivity contribution in [3.05, 3.63) is 89.5 Å². The Morgan fingerprint density at radius 1 is 1.00 bits per heavy atom. The van der Waals surface area contributed by atoms with E-state index in [1.807, 2.05) is 49.4 Å². The molecule has 0 saturated carbocycles. The highest BCUT2D eigenvalue weighted by Crippen LogP contribution is 2.31. The minimum atomic E-state index is -4.41. The summed E-state index contributed by atoms with van der Waals surface area (Å²) in [4.78, 5) is 14.6. The Kier molecular flexibility index (Phi) is 7.15. The number of hydrogen-bond acceptors (Lipinski definition) is 2. The molecule has 0 aliphatic carbocycles. The normalized spacial score (nSPS) is 13.3. The summed E-state index contributed by atoms with van der Waals surface area (Å²) in [6, 6.07) is 18.6. The smallest absolute Gasteiger partial charge is 0.416 e. The lowest BCUT2D eigenvalue weighted by Crippen LogP contribution is -2.38. The molecule has 0 aliphatic rings. The molecule has 0 aliphatic heterocycles. The minimum absolute atomic E-state index is 0.176. The highest BCUT2D eigenvalue weighted by Gasteiger charge is 2.30. The number of amides is 1. The van der Waals surface area contributed by atoms with Crippen molar-refractivity contribution in [3.8, 4) is 0 Å². The number of rotatable bonds is 5. The van der Waals surface area contributed by atoms with Crippen molar-refractivity contribution < 1.29 is 22.7 Å². The van der Waals surface area contributed by atoms with Crippen LogP contribution in [-0.2, 0) is 10.9 Å². The molecule has 33 heavy (non-hydrogen) atoms. The number of benzene rings is 3. The van der Waals surface area contributed by atoms with E-state index in [0.717, 1.165) is 28.5 Å². The van der Waals surface area contributed by atoms with E-state index in [9.17, 15) is 18.0 Å². The molecule has 0 N–H and O–H groups in total. The molecule has 0 saturated heterocycles. The fraction of sp³-hybridized carbons (Fsp3) is 0.296. The molecule has 0 radical (unpaired) electrons. The molecule has 3 rings (SSSR count). The molecule has 0 spiro atoms. The van der Waals surface area contributed by atoms with Gasteiger partial charge in [-0.3, -0.25) is 4.90 Å². The van der Waals surface area contributed by atoms with Gasteiger partial charge in [-0.1, -0.05) is 66.7 Å². The quantitative estimate of drug-likeness (QED) is 0.392. The first-order valence-electron chi connectivity index (χ1n) is 10.8. The van der Waals surface area contributed by atoms with E-state index < -0.39 is 23.4 Å². The third-order valence-corrected chi connectivity index (χ3v) is 5.20. The van der Waals surface area contributed by atoms with Crippen molar-refractivity contribution in [3.63, 3.8) is 0 Å². The van der Waals surface area contributed by atoms with Crippen LogP contribution in [0.15, 0.2) is 72.8 Å². The number of carbonyl (C=O) groups excluding carboxylic acids is 1. The van der Waals surface area contributed by atoms with Crippen LogP contribution in [0.3, 0.4) is 0 Å². The standard InChI is InChI=1S/C27H28F3NO2/c1-19(23-16-8-13-21-12-5-6-15-24(21)23)31(25(32)33-26(2,3)4)17-9-11-20-10-7-14-22(18-20)27(28,29)30/h5-16,18-19H,17H2,1-4H3. The molecule has 0 aromatic heterocycles. The molecule has 6 heteroatoms. The van der Waals surface area contributed by atoms with Gasteiger partial charge in [0, 0.05) is 6.54 Å². The van der Waals surface area contributed by atoms with Crippen LogP contribution >= 0.6 is 0 Å². The van der Waals surface area contributed by atoms with Crippen molar-refractivity contribution in [1.29, 1.82) is 0 Å². The van der Waals surface area contributed by atoms with Gasteiger partial charge in [-0.15, -0.1) is 0 Å². The SMILES string of the molecule is CC(c1cccc2ccccc12)N(CC=Cc1cccc(C(F)(F)F)c1)C(=O)OC(C)(C)C. The van der Waals surface area contributed by atoms with Crippen molar-refractivity contribution in [2.75, 3.05) is 6.54 Å². The zero-order chi connectivity index (χ0) is 24.2. The maximum absolute atomic E-state index is 13.1. The van der Waals surface area contributed by atoms with Gasteiger partial charge in [0.15, 0.2) is 0 Å². The fourth-order valence-corrected chi connectivity index (χ4v) is 3.61. The summed E-state index contributed by atoms with van der Waals surface area (Å²) in [5.41, 5.74) is -0.0190. The largest absolute Gasteiger partial charge is 0.444 e. The summed E-state index contributed by atoms with van der Waals surface area (Å²) in [5, 5.41) is 2.09. The molecule has 0 heterocycles. The first-order chi connectivity index (χ1) is 15.5. The molecule has 0 bridgehead atoms. The molecular weight excluding hydrogens is 427 g/mol. The molecule has 1 amide bonds. The van der Waals surface area contributed by atoms with Crippen LogP contribution in [0.5, 0.6) is 0 Å². The number of carbonyl (C=O) groups is 1. The number of halogens is 3. The van der Waals surface area contributed by atoms with E-state index in [-0.39, 0.29) is 12.6 Å². The molecule has 174 valence electrons. The number of nitrogens with zero attached hydrogens (tertiary/aromatic N) is 1.